The van der Waals surface area contributed by atoms with Gasteiger partial charge in [0.15, 0.2) is 0 Å². The number of hydrogen-bond donors (Lipinski definition) is 3. The molecule has 4 nitrogen and oxygen atoms in total. The molecule has 0 amide bonds. The average Bonchev–Trinajstić information content (AvgIpc) is 2.25. The first-order chi connectivity index (χ1) is 7.25. The number of piperidine rings is 1. The number of ether oxygens (including phenoxy) is 1. The number of aromatic hydroxyl groups is 1. The van der Waals surface area contributed by atoms with Gasteiger partial charge in [0, 0.05) is 6.07 Å². The number of hydrogen-bond acceptors (Lipinski definition) is 4. The number of phenols is 1. The highest BCUT2D eigenvalue weighted by Crippen LogP contribution is 2.26. The minimum absolute atomic E-state index is 0.0847. The Morgan fingerprint density at radius 2 is 2.07 bits per heavy atom. The Kier molecular flexibility index (Phi) is 2.97. The van der Waals surface area contributed by atoms with Crippen LogP contribution in [0.1, 0.15) is 12.8 Å². The van der Waals surface area contributed by atoms with Crippen molar-refractivity contribution >= 4 is 5.69 Å². The normalized spacial score (nSPS) is 17.6. The Morgan fingerprint density at radius 1 is 1.33 bits per heavy atom. The van der Waals surface area contributed by atoms with E-state index in [2.05, 4.69) is 5.32 Å². The monoisotopic (exact) mass is 208 g/mol. The Hall–Kier alpha value is -1.42. The van der Waals surface area contributed by atoms with E-state index in [1.807, 2.05) is 0 Å². The molecule has 0 bridgehead atoms. The Balaban J connectivity index is 2.00. The maximum atomic E-state index is 9.41. The Morgan fingerprint density at radius 3 is 2.73 bits per heavy atom. The molecular weight excluding hydrogens is 192 g/mol. The van der Waals surface area contributed by atoms with Gasteiger partial charge < -0.3 is 20.9 Å². The van der Waals surface area contributed by atoms with Crippen LogP contribution in [0.4, 0.5) is 5.69 Å². The lowest BCUT2D eigenvalue weighted by Crippen LogP contribution is -2.34. The van der Waals surface area contributed by atoms with Gasteiger partial charge in [-0.3, -0.25) is 0 Å². The molecule has 0 atom stereocenters. The Labute approximate surface area is 89.0 Å². The number of nitrogens with one attached hydrogen (secondary N) is 1. The van der Waals surface area contributed by atoms with Crippen LogP contribution >= 0.6 is 0 Å². The standard InChI is InChI=1S/C11H16N2O2/c12-10-2-1-9(7-11(10)14)15-8-3-5-13-6-4-8/h1-2,7-8,13-14H,3-6,12H2. The summed E-state index contributed by atoms with van der Waals surface area (Å²) >= 11 is 0. The minimum atomic E-state index is 0.0847. The molecule has 1 aromatic carbocycles. The van der Waals surface area contributed by atoms with Crippen LogP contribution in [0.5, 0.6) is 11.5 Å². The minimum Gasteiger partial charge on any atom is -0.506 e. The molecule has 0 saturated carbocycles. The van der Waals surface area contributed by atoms with Gasteiger partial charge >= 0.3 is 0 Å². The third-order valence-electron chi connectivity index (χ3n) is 2.59. The predicted molar refractivity (Wildman–Crippen MR) is 59.0 cm³/mol. The number of rotatable bonds is 2. The van der Waals surface area contributed by atoms with Crippen LogP contribution in [0.3, 0.4) is 0 Å². The van der Waals surface area contributed by atoms with Crippen molar-refractivity contribution in [3.63, 3.8) is 0 Å². The van der Waals surface area contributed by atoms with Crippen LogP contribution < -0.4 is 15.8 Å². The summed E-state index contributed by atoms with van der Waals surface area (Å²) < 4.78 is 5.74. The first-order valence-electron chi connectivity index (χ1n) is 5.21. The second-order valence-corrected chi connectivity index (χ2v) is 3.79. The highest BCUT2D eigenvalue weighted by atomic mass is 16.5. The van der Waals surface area contributed by atoms with Gasteiger partial charge in [0.1, 0.15) is 17.6 Å². The first kappa shape index (κ1) is 10.1. The van der Waals surface area contributed by atoms with Crippen molar-refractivity contribution in [2.75, 3.05) is 18.8 Å². The van der Waals surface area contributed by atoms with Crippen LogP contribution in [0.2, 0.25) is 0 Å². The maximum Gasteiger partial charge on any atom is 0.142 e. The van der Waals surface area contributed by atoms with Gasteiger partial charge in [-0.1, -0.05) is 0 Å². The third kappa shape index (κ3) is 2.53. The van der Waals surface area contributed by atoms with Gasteiger partial charge in [-0.25, -0.2) is 0 Å². The zero-order chi connectivity index (χ0) is 10.7. The van der Waals surface area contributed by atoms with Crippen molar-refractivity contribution in [2.45, 2.75) is 18.9 Å². The molecule has 82 valence electrons. The molecule has 4 heteroatoms. The van der Waals surface area contributed by atoms with E-state index >= 15 is 0 Å². The molecule has 0 aromatic heterocycles. The van der Waals surface area contributed by atoms with Gasteiger partial charge in [-0.2, -0.15) is 0 Å². The number of phenolic OH excluding ortho intramolecular Hbond substituents is 1. The van der Waals surface area contributed by atoms with E-state index in [1.54, 1.807) is 18.2 Å². The molecule has 0 unspecified atom stereocenters. The molecule has 15 heavy (non-hydrogen) atoms. The highest BCUT2D eigenvalue weighted by Gasteiger charge is 2.14. The van der Waals surface area contributed by atoms with E-state index in [4.69, 9.17) is 10.5 Å². The quantitative estimate of drug-likeness (QED) is 0.503. The summed E-state index contributed by atoms with van der Waals surface area (Å²) in [4.78, 5) is 0. The van der Waals surface area contributed by atoms with Crippen LogP contribution in [0.15, 0.2) is 18.2 Å². The summed E-state index contributed by atoms with van der Waals surface area (Å²) in [7, 11) is 0. The highest BCUT2D eigenvalue weighted by molar-refractivity contribution is 5.54. The first-order valence-corrected chi connectivity index (χ1v) is 5.21. The molecule has 1 fully saturated rings. The molecule has 1 saturated heterocycles. The molecule has 1 aliphatic rings. The summed E-state index contributed by atoms with van der Waals surface area (Å²) in [6, 6.07) is 5.01. The van der Waals surface area contributed by atoms with E-state index in [0.717, 1.165) is 25.9 Å². The van der Waals surface area contributed by atoms with E-state index in [1.165, 1.54) is 0 Å². The van der Waals surface area contributed by atoms with Crippen LogP contribution in [0, 0.1) is 0 Å². The van der Waals surface area contributed by atoms with Gasteiger partial charge in [0.2, 0.25) is 0 Å². The lowest BCUT2D eigenvalue weighted by molar-refractivity contribution is 0.162. The van der Waals surface area contributed by atoms with Crippen molar-refractivity contribution in [1.82, 2.24) is 5.32 Å². The van der Waals surface area contributed by atoms with E-state index in [-0.39, 0.29) is 11.9 Å². The topological polar surface area (TPSA) is 67.5 Å². The fraction of sp³-hybridized carbons (Fsp3) is 0.455. The van der Waals surface area contributed by atoms with Crippen molar-refractivity contribution in [2.24, 2.45) is 0 Å². The fourth-order valence-corrected chi connectivity index (χ4v) is 1.70. The van der Waals surface area contributed by atoms with Crippen molar-refractivity contribution < 1.29 is 9.84 Å². The second kappa shape index (κ2) is 4.40. The SMILES string of the molecule is Nc1ccc(OC2CCNCC2)cc1O. The third-order valence-corrected chi connectivity index (χ3v) is 2.59. The number of nitrogen functional groups attached to an aromatic ring is 1. The van der Waals surface area contributed by atoms with E-state index in [9.17, 15) is 5.11 Å². The second-order valence-electron chi connectivity index (χ2n) is 3.79. The summed E-state index contributed by atoms with van der Waals surface area (Å²) in [6.07, 6.45) is 2.25. The molecule has 1 aliphatic heterocycles. The van der Waals surface area contributed by atoms with Gasteiger partial charge in [-0.05, 0) is 38.1 Å². The largest absolute Gasteiger partial charge is 0.506 e. The number of anilines is 1. The molecule has 0 radical (unpaired) electrons. The lowest BCUT2D eigenvalue weighted by atomic mass is 10.1. The van der Waals surface area contributed by atoms with E-state index in [0.29, 0.717) is 11.4 Å². The molecule has 4 N–H and O–H groups in total. The van der Waals surface area contributed by atoms with Crippen LogP contribution in [-0.2, 0) is 0 Å². The van der Waals surface area contributed by atoms with Crippen molar-refractivity contribution in [1.29, 1.82) is 0 Å². The zero-order valence-corrected chi connectivity index (χ0v) is 8.57. The summed E-state index contributed by atoms with van der Waals surface area (Å²) in [6.45, 7) is 1.98. The molecular formula is C11H16N2O2. The number of nitrogens with two attached hydrogens (primary N) is 1. The molecule has 2 rings (SSSR count). The Bertz CT molecular complexity index is 335. The fourth-order valence-electron chi connectivity index (χ4n) is 1.70. The predicted octanol–water partition coefficient (Wildman–Crippen LogP) is 1.11. The van der Waals surface area contributed by atoms with Crippen LogP contribution in [-0.4, -0.2) is 24.3 Å². The van der Waals surface area contributed by atoms with Crippen molar-refractivity contribution in [3.8, 4) is 11.5 Å². The average molecular weight is 208 g/mol. The zero-order valence-electron chi connectivity index (χ0n) is 8.57. The van der Waals surface area contributed by atoms with Crippen molar-refractivity contribution in [3.05, 3.63) is 18.2 Å². The molecule has 0 spiro atoms. The molecule has 1 heterocycles. The number of benzene rings is 1. The molecule has 1 aromatic rings. The van der Waals surface area contributed by atoms with Crippen LogP contribution in [0.25, 0.3) is 0 Å². The van der Waals surface area contributed by atoms with E-state index < -0.39 is 0 Å². The summed E-state index contributed by atoms with van der Waals surface area (Å²) in [5.74, 6) is 0.773. The smallest absolute Gasteiger partial charge is 0.142 e. The van der Waals surface area contributed by atoms with Gasteiger partial charge in [0.25, 0.3) is 0 Å². The van der Waals surface area contributed by atoms with Gasteiger partial charge in [0.05, 0.1) is 5.69 Å². The maximum absolute atomic E-state index is 9.41. The molecule has 0 aliphatic carbocycles. The lowest BCUT2D eigenvalue weighted by Gasteiger charge is -2.23. The summed E-state index contributed by atoms with van der Waals surface area (Å²) in [5.41, 5.74) is 5.89. The van der Waals surface area contributed by atoms with Gasteiger partial charge in [-0.15, -0.1) is 0 Å². The summed E-state index contributed by atoms with van der Waals surface area (Å²) in [5, 5.41) is 12.7.